The summed E-state index contributed by atoms with van der Waals surface area (Å²) in [7, 11) is -4.24. The van der Waals surface area contributed by atoms with Gasteiger partial charge in [-0.1, -0.05) is 26.0 Å². The molecule has 3 N–H and O–H groups in total. The number of carbonyl (C=O) groups excluding carboxylic acids is 2. The lowest BCUT2D eigenvalue weighted by molar-refractivity contribution is -0.0323. The molecule has 2 unspecified atom stereocenters. The average molecular weight is 638 g/mol. The largest absolute Gasteiger partial charge is 0.494 e. The van der Waals surface area contributed by atoms with Crippen LogP contribution < -0.4 is 24.8 Å². The van der Waals surface area contributed by atoms with E-state index in [0.29, 0.717) is 35.5 Å². The number of nitrogens with zero attached hydrogens (tertiary/aromatic N) is 1. The van der Waals surface area contributed by atoms with E-state index in [-0.39, 0.29) is 36.3 Å². The highest BCUT2D eigenvalue weighted by molar-refractivity contribution is 7.89. The van der Waals surface area contributed by atoms with E-state index in [1.807, 2.05) is 0 Å². The zero-order chi connectivity index (χ0) is 32.5. The van der Waals surface area contributed by atoms with Crippen LogP contribution >= 0.6 is 0 Å². The molecular formula is C30H43N3O10S. The van der Waals surface area contributed by atoms with Crippen LogP contribution in [0.3, 0.4) is 0 Å². The third kappa shape index (κ3) is 10.8. The molecule has 2 amide bonds. The summed E-state index contributed by atoms with van der Waals surface area (Å²) in [6.45, 7) is 11.1. The number of aliphatic hydroxyl groups excluding tert-OH is 1. The number of fused-ring (bicyclic) bond motifs is 1. The van der Waals surface area contributed by atoms with Crippen LogP contribution in [0.15, 0.2) is 47.4 Å². The molecule has 0 radical (unpaired) electrons. The van der Waals surface area contributed by atoms with Gasteiger partial charge in [0.2, 0.25) is 6.79 Å². The van der Waals surface area contributed by atoms with Crippen LogP contribution in [-0.4, -0.2) is 74.4 Å². The standard InChI is InChI=1S/C30H43N3O10S/c1-20(2)18-33(44(37,38)24-12-13-26-27(17-24)41-19-40-26)43-29(36)32-25(21(3)34)16-22-8-10-23(11-9-22)39-15-7-14-31-28(35)42-30(4,5)6/h8-13,17,20-21,25,34H,7,14-16,18-19H2,1-6H3,(H,31,35)(H,32,36). The van der Waals surface area contributed by atoms with E-state index in [1.54, 1.807) is 58.9 Å². The molecule has 14 heteroatoms. The van der Waals surface area contributed by atoms with Gasteiger partial charge in [0.1, 0.15) is 11.4 Å². The van der Waals surface area contributed by atoms with Gasteiger partial charge in [-0.3, -0.25) is 0 Å². The van der Waals surface area contributed by atoms with E-state index < -0.39 is 40.0 Å². The smallest absolute Gasteiger partial charge is 0.427 e. The molecule has 0 bridgehead atoms. The minimum absolute atomic E-state index is 0.0149. The van der Waals surface area contributed by atoms with Crippen molar-refractivity contribution >= 4 is 22.2 Å². The molecule has 0 aliphatic carbocycles. The number of alkyl carbamates (subject to hydrolysis) is 1. The summed E-state index contributed by atoms with van der Waals surface area (Å²) in [6, 6.07) is 10.5. The van der Waals surface area contributed by atoms with E-state index in [0.717, 1.165) is 5.56 Å². The number of hydrogen-bond donors (Lipinski definition) is 3. The van der Waals surface area contributed by atoms with Crippen LogP contribution in [-0.2, 0) is 26.0 Å². The molecule has 2 atom stereocenters. The van der Waals surface area contributed by atoms with E-state index >= 15 is 0 Å². The Bertz CT molecular complexity index is 1360. The van der Waals surface area contributed by atoms with E-state index in [2.05, 4.69) is 10.6 Å². The topological polar surface area (TPSA) is 162 Å². The van der Waals surface area contributed by atoms with E-state index in [4.69, 9.17) is 23.8 Å². The predicted molar refractivity (Wildman–Crippen MR) is 161 cm³/mol. The molecule has 0 saturated heterocycles. The van der Waals surface area contributed by atoms with Gasteiger partial charge < -0.3 is 39.5 Å². The molecule has 1 aliphatic heterocycles. The molecule has 0 saturated carbocycles. The monoisotopic (exact) mass is 637 g/mol. The zero-order valence-electron chi connectivity index (χ0n) is 26.0. The Balaban J connectivity index is 1.54. The Morgan fingerprint density at radius 3 is 2.34 bits per heavy atom. The molecule has 2 aromatic rings. The van der Waals surface area contributed by atoms with Crippen molar-refractivity contribution in [3.05, 3.63) is 48.0 Å². The molecule has 44 heavy (non-hydrogen) atoms. The van der Waals surface area contributed by atoms with Gasteiger partial charge in [-0.05, 0) is 80.8 Å². The Hall–Kier alpha value is -3.75. The lowest BCUT2D eigenvalue weighted by Gasteiger charge is -2.25. The minimum atomic E-state index is -4.24. The van der Waals surface area contributed by atoms with Crippen molar-refractivity contribution in [1.82, 2.24) is 15.1 Å². The highest BCUT2D eigenvalue weighted by Gasteiger charge is 2.32. The van der Waals surface area contributed by atoms with Crippen LogP contribution in [0.25, 0.3) is 0 Å². The maximum absolute atomic E-state index is 13.4. The maximum Gasteiger partial charge on any atom is 0.427 e. The number of carbonyl (C=O) groups is 2. The number of hydroxylamine groups is 1. The second-order valence-corrected chi connectivity index (χ2v) is 13.6. The maximum atomic E-state index is 13.4. The lowest BCUT2D eigenvalue weighted by atomic mass is 10.0. The number of hydrogen-bond acceptors (Lipinski definition) is 10. The number of aliphatic hydroxyl groups is 1. The molecule has 13 nitrogen and oxygen atoms in total. The van der Waals surface area contributed by atoms with Gasteiger partial charge in [-0.15, -0.1) is 0 Å². The van der Waals surface area contributed by atoms with Gasteiger partial charge in [0, 0.05) is 12.6 Å². The SMILES string of the molecule is CC(C)CN(OC(=O)NC(Cc1ccc(OCCCNC(=O)OC(C)(C)C)cc1)C(C)O)S(=O)(=O)c1ccc2c(c1)OCO2. The van der Waals surface area contributed by atoms with Crippen molar-refractivity contribution in [1.29, 1.82) is 0 Å². The van der Waals surface area contributed by atoms with Crippen LogP contribution in [0, 0.1) is 5.92 Å². The van der Waals surface area contributed by atoms with Crippen molar-refractivity contribution in [2.75, 3.05) is 26.5 Å². The third-order valence-corrected chi connectivity index (χ3v) is 7.74. The first-order valence-corrected chi connectivity index (χ1v) is 15.9. The highest BCUT2D eigenvalue weighted by Crippen LogP contribution is 2.34. The lowest BCUT2D eigenvalue weighted by Crippen LogP contribution is -2.47. The summed E-state index contributed by atoms with van der Waals surface area (Å²) >= 11 is 0. The summed E-state index contributed by atoms with van der Waals surface area (Å²) in [5, 5.41) is 15.6. The van der Waals surface area contributed by atoms with Crippen molar-refractivity contribution in [3.8, 4) is 17.2 Å². The quantitative estimate of drug-likeness (QED) is 0.204. The second-order valence-electron chi connectivity index (χ2n) is 11.7. The second kappa shape index (κ2) is 15.3. The Morgan fingerprint density at radius 1 is 1.02 bits per heavy atom. The van der Waals surface area contributed by atoms with Gasteiger partial charge in [0.05, 0.1) is 30.2 Å². The summed E-state index contributed by atoms with van der Waals surface area (Å²) in [5.74, 6) is 1.15. The molecule has 1 heterocycles. The molecule has 3 rings (SSSR count). The van der Waals surface area contributed by atoms with Gasteiger partial charge in [-0.25, -0.2) is 18.0 Å². The normalized spacial score (nSPS) is 14.2. The van der Waals surface area contributed by atoms with Gasteiger partial charge in [0.15, 0.2) is 11.5 Å². The summed E-state index contributed by atoms with van der Waals surface area (Å²) in [5.41, 5.74) is 0.233. The van der Waals surface area contributed by atoms with Crippen molar-refractivity contribution in [3.63, 3.8) is 0 Å². The number of ether oxygens (including phenoxy) is 4. The molecule has 1 aliphatic rings. The number of benzene rings is 2. The van der Waals surface area contributed by atoms with Crippen molar-refractivity contribution < 1.29 is 46.9 Å². The van der Waals surface area contributed by atoms with Crippen LogP contribution in [0.1, 0.15) is 53.5 Å². The van der Waals surface area contributed by atoms with E-state index in [1.165, 1.54) is 25.1 Å². The van der Waals surface area contributed by atoms with Crippen molar-refractivity contribution in [2.24, 2.45) is 5.92 Å². The average Bonchev–Trinajstić information content (AvgIpc) is 3.40. The number of rotatable bonds is 14. The number of sulfonamides is 1. The molecule has 0 spiro atoms. The fraction of sp³-hybridized carbons (Fsp3) is 0.533. The number of nitrogens with one attached hydrogen (secondary N) is 2. The molecule has 244 valence electrons. The van der Waals surface area contributed by atoms with Gasteiger partial charge >= 0.3 is 12.2 Å². The summed E-state index contributed by atoms with van der Waals surface area (Å²) in [6.07, 6.45) is -1.66. The van der Waals surface area contributed by atoms with Crippen LogP contribution in [0.4, 0.5) is 9.59 Å². The van der Waals surface area contributed by atoms with Crippen LogP contribution in [0.2, 0.25) is 0 Å². The molecule has 2 aromatic carbocycles. The zero-order valence-corrected chi connectivity index (χ0v) is 26.8. The Kier molecular flexibility index (Phi) is 12.1. The first-order valence-electron chi connectivity index (χ1n) is 14.4. The summed E-state index contributed by atoms with van der Waals surface area (Å²) < 4.78 is 48.8. The Morgan fingerprint density at radius 2 is 1.70 bits per heavy atom. The predicted octanol–water partition coefficient (Wildman–Crippen LogP) is 3.99. The molecule has 0 fully saturated rings. The Labute approximate surface area is 258 Å². The van der Waals surface area contributed by atoms with Gasteiger partial charge in [-0.2, -0.15) is 0 Å². The minimum Gasteiger partial charge on any atom is -0.494 e. The summed E-state index contributed by atoms with van der Waals surface area (Å²) in [4.78, 5) is 29.8. The number of amides is 2. The van der Waals surface area contributed by atoms with Crippen LogP contribution in [0.5, 0.6) is 17.2 Å². The molecule has 0 aromatic heterocycles. The first-order chi connectivity index (χ1) is 20.6. The fourth-order valence-electron chi connectivity index (χ4n) is 3.99. The van der Waals surface area contributed by atoms with Gasteiger partial charge in [0.25, 0.3) is 10.0 Å². The van der Waals surface area contributed by atoms with Crippen molar-refractivity contribution in [2.45, 2.75) is 77.0 Å². The fourth-order valence-corrected chi connectivity index (χ4v) is 5.38. The third-order valence-electron chi connectivity index (χ3n) is 6.13. The highest BCUT2D eigenvalue weighted by atomic mass is 32.2. The first kappa shape index (κ1) is 34.7. The molecular weight excluding hydrogens is 594 g/mol. The van der Waals surface area contributed by atoms with E-state index in [9.17, 15) is 23.1 Å².